The van der Waals surface area contributed by atoms with Gasteiger partial charge in [0.25, 0.3) is 5.91 Å². The number of aryl methyl sites for hydroxylation is 1. The summed E-state index contributed by atoms with van der Waals surface area (Å²) in [4.78, 5) is 16.4. The van der Waals surface area contributed by atoms with Gasteiger partial charge in [0, 0.05) is 24.4 Å². The molecule has 0 aromatic carbocycles. The van der Waals surface area contributed by atoms with Crippen LogP contribution in [0.25, 0.3) is 0 Å². The third-order valence-electron chi connectivity index (χ3n) is 3.69. The molecule has 1 fully saturated rings. The van der Waals surface area contributed by atoms with E-state index in [-0.39, 0.29) is 12.0 Å². The summed E-state index contributed by atoms with van der Waals surface area (Å²) in [6.07, 6.45) is 6.45. The second-order valence-electron chi connectivity index (χ2n) is 5.56. The number of carbonyl (C=O) groups excluding carboxylic acids is 1. The summed E-state index contributed by atoms with van der Waals surface area (Å²) >= 11 is 0. The number of amides is 1. The number of nitrogens with one attached hydrogen (secondary N) is 1. The zero-order valence-corrected chi connectivity index (χ0v) is 12.7. The van der Waals surface area contributed by atoms with Gasteiger partial charge in [-0.1, -0.05) is 13.3 Å². The molecule has 1 saturated heterocycles. The van der Waals surface area contributed by atoms with Crippen LogP contribution in [0.15, 0.2) is 12.1 Å². The maximum atomic E-state index is 12.2. The molecular weight excluding hydrogens is 266 g/mol. The number of hydrogen-bond acceptors (Lipinski definition) is 4. The molecule has 2 rings (SSSR count). The Morgan fingerprint density at radius 2 is 2.33 bits per heavy atom. The lowest BCUT2D eigenvalue weighted by atomic mass is 10.1. The van der Waals surface area contributed by atoms with E-state index in [4.69, 9.17) is 10.5 Å². The van der Waals surface area contributed by atoms with Crippen LogP contribution in [-0.4, -0.2) is 30.1 Å². The lowest BCUT2D eigenvalue weighted by Crippen LogP contribution is -2.29. The molecule has 1 aliphatic heterocycles. The number of pyridine rings is 1. The number of rotatable bonds is 6. The van der Waals surface area contributed by atoms with Crippen molar-refractivity contribution >= 4 is 11.7 Å². The summed E-state index contributed by atoms with van der Waals surface area (Å²) in [5.74, 6) is 0.318. The van der Waals surface area contributed by atoms with E-state index < -0.39 is 0 Å². The summed E-state index contributed by atoms with van der Waals surface area (Å²) in [6, 6.07) is 3.46. The fourth-order valence-electron chi connectivity index (χ4n) is 2.61. The first-order chi connectivity index (χ1) is 10.2. The average molecular weight is 291 g/mol. The van der Waals surface area contributed by atoms with Crippen molar-refractivity contribution in [1.82, 2.24) is 10.3 Å². The molecule has 1 aliphatic rings. The van der Waals surface area contributed by atoms with Crippen molar-refractivity contribution in [3.8, 4) is 0 Å². The lowest BCUT2D eigenvalue weighted by molar-refractivity contribution is 0.0117. The molecule has 0 spiro atoms. The highest BCUT2D eigenvalue weighted by Gasteiger charge is 2.14. The Morgan fingerprint density at radius 1 is 1.48 bits per heavy atom. The summed E-state index contributed by atoms with van der Waals surface area (Å²) in [5, 5.41) is 2.94. The molecule has 1 amide bonds. The van der Waals surface area contributed by atoms with E-state index in [1.165, 1.54) is 6.42 Å². The van der Waals surface area contributed by atoms with E-state index in [1.54, 1.807) is 6.07 Å². The Bertz CT molecular complexity index is 471. The number of nitrogens with zero attached hydrogens (tertiary/aromatic N) is 1. The van der Waals surface area contributed by atoms with E-state index in [1.807, 2.05) is 6.07 Å². The summed E-state index contributed by atoms with van der Waals surface area (Å²) < 4.78 is 5.65. The molecule has 0 radical (unpaired) electrons. The van der Waals surface area contributed by atoms with Gasteiger partial charge in [-0.25, -0.2) is 4.98 Å². The van der Waals surface area contributed by atoms with Gasteiger partial charge in [0.2, 0.25) is 0 Å². The van der Waals surface area contributed by atoms with Crippen LogP contribution in [0.2, 0.25) is 0 Å². The van der Waals surface area contributed by atoms with Crippen molar-refractivity contribution in [1.29, 1.82) is 0 Å². The molecule has 5 nitrogen and oxygen atoms in total. The van der Waals surface area contributed by atoms with Gasteiger partial charge in [-0.15, -0.1) is 0 Å². The molecule has 2 heterocycles. The monoisotopic (exact) mass is 291 g/mol. The van der Waals surface area contributed by atoms with Crippen molar-refractivity contribution in [2.45, 2.75) is 51.6 Å². The fraction of sp³-hybridized carbons (Fsp3) is 0.625. The molecule has 0 saturated carbocycles. The second-order valence-corrected chi connectivity index (χ2v) is 5.56. The predicted molar refractivity (Wildman–Crippen MR) is 83.2 cm³/mol. The minimum atomic E-state index is -0.0859. The largest absolute Gasteiger partial charge is 0.384 e. The zero-order valence-electron chi connectivity index (χ0n) is 12.7. The topological polar surface area (TPSA) is 77.2 Å². The first kappa shape index (κ1) is 15.8. The minimum absolute atomic E-state index is 0.0859. The maximum absolute atomic E-state index is 12.2. The number of carbonyl (C=O) groups is 1. The maximum Gasteiger partial charge on any atom is 0.251 e. The molecule has 3 N–H and O–H groups in total. The van der Waals surface area contributed by atoms with Crippen molar-refractivity contribution < 1.29 is 9.53 Å². The van der Waals surface area contributed by atoms with Crippen LogP contribution in [0.3, 0.4) is 0 Å². The van der Waals surface area contributed by atoms with Crippen LogP contribution >= 0.6 is 0 Å². The van der Waals surface area contributed by atoms with Crippen LogP contribution in [0.4, 0.5) is 5.82 Å². The van der Waals surface area contributed by atoms with Gasteiger partial charge in [0.05, 0.1) is 6.10 Å². The summed E-state index contributed by atoms with van der Waals surface area (Å²) in [6.45, 7) is 3.56. The first-order valence-electron chi connectivity index (χ1n) is 7.85. The molecule has 5 heteroatoms. The molecule has 1 unspecified atom stereocenters. The summed E-state index contributed by atoms with van der Waals surface area (Å²) in [7, 11) is 0. The van der Waals surface area contributed by atoms with Gasteiger partial charge in [-0.05, 0) is 44.2 Å². The van der Waals surface area contributed by atoms with E-state index >= 15 is 0 Å². The van der Waals surface area contributed by atoms with Gasteiger partial charge in [-0.3, -0.25) is 4.79 Å². The fourth-order valence-corrected chi connectivity index (χ4v) is 2.61. The van der Waals surface area contributed by atoms with Gasteiger partial charge in [-0.2, -0.15) is 0 Å². The van der Waals surface area contributed by atoms with E-state index in [0.717, 1.165) is 44.4 Å². The van der Waals surface area contributed by atoms with E-state index in [9.17, 15) is 4.79 Å². The number of anilines is 1. The standard InChI is InChI=1S/C16H25N3O2/c1-2-5-13-10-12(11-15(17)19-13)16(20)18-8-7-14-6-3-4-9-21-14/h10-11,14H,2-9H2,1H3,(H2,17,19)(H,18,20). The average Bonchev–Trinajstić information content (AvgIpc) is 2.48. The Balaban J connectivity index is 1.84. The first-order valence-corrected chi connectivity index (χ1v) is 7.85. The lowest BCUT2D eigenvalue weighted by Gasteiger charge is -2.22. The van der Waals surface area contributed by atoms with Crippen molar-refractivity contribution in [2.75, 3.05) is 18.9 Å². The SMILES string of the molecule is CCCc1cc(C(=O)NCCC2CCCCO2)cc(N)n1. The molecule has 1 atom stereocenters. The smallest absolute Gasteiger partial charge is 0.251 e. The van der Waals surface area contributed by atoms with E-state index in [2.05, 4.69) is 17.2 Å². The van der Waals surface area contributed by atoms with E-state index in [0.29, 0.717) is 17.9 Å². The quantitative estimate of drug-likeness (QED) is 0.843. The van der Waals surface area contributed by atoms with Crippen molar-refractivity contribution in [3.63, 3.8) is 0 Å². The highest BCUT2D eigenvalue weighted by Crippen LogP contribution is 2.15. The van der Waals surface area contributed by atoms with Gasteiger partial charge < -0.3 is 15.8 Å². The molecule has 0 aliphatic carbocycles. The normalized spacial score (nSPS) is 18.4. The van der Waals surface area contributed by atoms with Crippen LogP contribution in [0, 0.1) is 0 Å². The summed E-state index contributed by atoms with van der Waals surface area (Å²) in [5.41, 5.74) is 7.23. The zero-order chi connectivity index (χ0) is 15.1. The number of nitrogen functional groups attached to an aromatic ring is 1. The van der Waals surface area contributed by atoms with Crippen molar-refractivity contribution in [3.05, 3.63) is 23.4 Å². The minimum Gasteiger partial charge on any atom is -0.384 e. The molecule has 0 bridgehead atoms. The third kappa shape index (κ3) is 5.01. The number of hydrogen-bond donors (Lipinski definition) is 2. The molecular formula is C16H25N3O2. The number of aromatic nitrogens is 1. The van der Waals surface area contributed by atoms with Gasteiger partial charge in [0.1, 0.15) is 5.82 Å². The Labute approximate surface area is 126 Å². The van der Waals surface area contributed by atoms with Crippen LogP contribution in [0.1, 0.15) is 55.1 Å². The molecule has 116 valence electrons. The molecule has 1 aromatic rings. The van der Waals surface area contributed by atoms with Crippen LogP contribution < -0.4 is 11.1 Å². The Morgan fingerprint density at radius 3 is 3.05 bits per heavy atom. The molecule has 1 aromatic heterocycles. The number of nitrogens with two attached hydrogens (primary N) is 1. The third-order valence-corrected chi connectivity index (χ3v) is 3.69. The second kappa shape index (κ2) is 7.98. The van der Waals surface area contributed by atoms with Crippen LogP contribution in [-0.2, 0) is 11.2 Å². The Hall–Kier alpha value is -1.62. The molecule has 21 heavy (non-hydrogen) atoms. The van der Waals surface area contributed by atoms with Crippen LogP contribution in [0.5, 0.6) is 0 Å². The van der Waals surface area contributed by atoms with Gasteiger partial charge >= 0.3 is 0 Å². The van der Waals surface area contributed by atoms with Crippen molar-refractivity contribution in [2.24, 2.45) is 0 Å². The highest BCUT2D eigenvalue weighted by atomic mass is 16.5. The number of ether oxygens (including phenoxy) is 1. The predicted octanol–water partition coefficient (Wildman–Crippen LogP) is 2.31. The van der Waals surface area contributed by atoms with Gasteiger partial charge in [0.15, 0.2) is 0 Å². The highest BCUT2D eigenvalue weighted by molar-refractivity contribution is 5.94. The Kier molecular flexibility index (Phi) is 5.99.